The van der Waals surface area contributed by atoms with Gasteiger partial charge >= 0.3 is 0 Å². The van der Waals surface area contributed by atoms with E-state index in [0.717, 1.165) is 45.3 Å². The number of carbonyl (C=O) groups is 1. The van der Waals surface area contributed by atoms with Gasteiger partial charge < -0.3 is 15.1 Å². The van der Waals surface area contributed by atoms with Crippen LogP contribution in [0, 0.1) is 5.92 Å². The third kappa shape index (κ3) is 5.63. The number of rotatable bonds is 6. The minimum Gasteiger partial charge on any atom is -0.342 e. The predicted octanol–water partition coefficient (Wildman–Crippen LogP) is 2.62. The molecule has 4 rings (SSSR count). The maximum absolute atomic E-state index is 13.1. The predicted molar refractivity (Wildman–Crippen MR) is 123 cm³/mol. The fourth-order valence-corrected chi connectivity index (χ4v) is 5.63. The van der Waals surface area contributed by atoms with Crippen molar-refractivity contribution in [2.45, 2.75) is 57.0 Å². The number of nitrogens with zero attached hydrogens (tertiary/aromatic N) is 3. The Balaban J connectivity index is 1.21. The van der Waals surface area contributed by atoms with Crippen molar-refractivity contribution in [1.82, 2.24) is 20.0 Å². The zero-order chi connectivity index (χ0) is 20.8. The van der Waals surface area contributed by atoms with Crippen LogP contribution in [0.3, 0.4) is 0 Å². The number of piperidine rings is 3. The highest BCUT2D eigenvalue weighted by molar-refractivity contribution is 5.79. The van der Waals surface area contributed by atoms with E-state index in [2.05, 4.69) is 50.3 Å². The smallest absolute Gasteiger partial charge is 0.226 e. The van der Waals surface area contributed by atoms with Crippen molar-refractivity contribution in [3.8, 4) is 0 Å². The summed E-state index contributed by atoms with van der Waals surface area (Å²) in [6.07, 6.45) is 8.11. The number of carbonyl (C=O) groups excluding carboxylic acids is 1. The molecule has 3 saturated heterocycles. The Kier molecular flexibility index (Phi) is 7.80. The van der Waals surface area contributed by atoms with Crippen molar-refractivity contribution in [2.24, 2.45) is 5.92 Å². The van der Waals surface area contributed by atoms with E-state index in [1.807, 2.05) is 7.05 Å². The van der Waals surface area contributed by atoms with Crippen molar-refractivity contribution in [1.29, 1.82) is 0 Å². The Labute approximate surface area is 182 Å². The zero-order valence-electron chi connectivity index (χ0n) is 18.8. The topological polar surface area (TPSA) is 38.8 Å². The average Bonchev–Trinajstić information content (AvgIpc) is 2.83. The Morgan fingerprint density at radius 1 is 0.967 bits per heavy atom. The highest BCUT2D eigenvalue weighted by atomic mass is 16.2. The fourth-order valence-electron chi connectivity index (χ4n) is 5.63. The summed E-state index contributed by atoms with van der Waals surface area (Å²) < 4.78 is 0. The van der Waals surface area contributed by atoms with Crippen LogP contribution in [0.4, 0.5) is 0 Å². The molecule has 3 heterocycles. The lowest BCUT2D eigenvalue weighted by Crippen LogP contribution is -2.52. The van der Waals surface area contributed by atoms with Gasteiger partial charge in [0.15, 0.2) is 0 Å². The molecule has 0 aliphatic carbocycles. The molecule has 3 aliphatic heterocycles. The highest BCUT2D eigenvalue weighted by Gasteiger charge is 2.34. The fraction of sp³-hybridized carbons (Fsp3) is 0.720. The molecule has 3 fully saturated rings. The van der Waals surface area contributed by atoms with Gasteiger partial charge in [0.05, 0.1) is 5.92 Å². The minimum absolute atomic E-state index is 0.223. The minimum atomic E-state index is 0.223. The van der Waals surface area contributed by atoms with Crippen LogP contribution in [0.2, 0.25) is 0 Å². The molecule has 0 radical (unpaired) electrons. The quantitative estimate of drug-likeness (QED) is 0.780. The normalized spacial score (nSPS) is 25.5. The van der Waals surface area contributed by atoms with Crippen molar-refractivity contribution in [2.75, 3.05) is 52.9 Å². The van der Waals surface area contributed by atoms with Gasteiger partial charge in [-0.25, -0.2) is 0 Å². The Morgan fingerprint density at radius 3 is 2.40 bits per heavy atom. The van der Waals surface area contributed by atoms with Gasteiger partial charge in [0.1, 0.15) is 0 Å². The average molecular weight is 413 g/mol. The van der Waals surface area contributed by atoms with Gasteiger partial charge in [-0.1, -0.05) is 30.3 Å². The molecule has 0 aromatic heterocycles. The lowest BCUT2D eigenvalue weighted by atomic mass is 9.92. The zero-order valence-corrected chi connectivity index (χ0v) is 18.8. The summed E-state index contributed by atoms with van der Waals surface area (Å²) in [5.41, 5.74) is 1.44. The summed E-state index contributed by atoms with van der Waals surface area (Å²) in [6.45, 7) is 7.59. The molecule has 3 aliphatic rings. The number of hydrogen-bond acceptors (Lipinski definition) is 4. The summed E-state index contributed by atoms with van der Waals surface area (Å²) in [5.74, 6) is 0.649. The summed E-state index contributed by atoms with van der Waals surface area (Å²) in [4.78, 5) is 20.5. The summed E-state index contributed by atoms with van der Waals surface area (Å²) in [7, 11) is 2.04. The van der Waals surface area contributed by atoms with E-state index in [-0.39, 0.29) is 5.92 Å². The lowest BCUT2D eigenvalue weighted by Gasteiger charge is -2.43. The third-order valence-electron chi connectivity index (χ3n) is 7.65. The number of likely N-dealkylation sites (tertiary alicyclic amines) is 3. The van der Waals surface area contributed by atoms with Crippen molar-refractivity contribution >= 4 is 5.91 Å². The van der Waals surface area contributed by atoms with Crippen molar-refractivity contribution in [3.05, 3.63) is 35.9 Å². The molecule has 0 bridgehead atoms. The van der Waals surface area contributed by atoms with E-state index in [0.29, 0.717) is 18.0 Å². The molecule has 1 N–H and O–H groups in total. The maximum atomic E-state index is 13.1. The van der Waals surface area contributed by atoms with Crippen LogP contribution in [0.1, 0.15) is 44.1 Å². The van der Waals surface area contributed by atoms with E-state index in [1.54, 1.807) is 0 Å². The number of benzene rings is 1. The van der Waals surface area contributed by atoms with Crippen LogP contribution < -0.4 is 5.32 Å². The van der Waals surface area contributed by atoms with Gasteiger partial charge in [0.2, 0.25) is 5.91 Å². The molecular formula is C25H40N4O. The Hall–Kier alpha value is -1.43. The first-order chi connectivity index (χ1) is 14.7. The van der Waals surface area contributed by atoms with Crippen LogP contribution in [-0.4, -0.2) is 85.6 Å². The first-order valence-corrected chi connectivity index (χ1v) is 12.2. The van der Waals surface area contributed by atoms with Gasteiger partial charge in [-0.2, -0.15) is 0 Å². The molecule has 30 heavy (non-hydrogen) atoms. The van der Waals surface area contributed by atoms with E-state index in [4.69, 9.17) is 0 Å². The van der Waals surface area contributed by atoms with Gasteiger partial charge in [0.25, 0.3) is 0 Å². The van der Waals surface area contributed by atoms with Gasteiger partial charge in [-0.3, -0.25) is 9.69 Å². The van der Waals surface area contributed by atoms with Crippen LogP contribution in [-0.2, 0) is 11.2 Å². The summed E-state index contributed by atoms with van der Waals surface area (Å²) in [6, 6.07) is 12.1. The molecular weight excluding hydrogens is 372 g/mol. The monoisotopic (exact) mass is 412 g/mol. The van der Waals surface area contributed by atoms with E-state index in [1.165, 1.54) is 51.0 Å². The molecule has 1 unspecified atom stereocenters. The van der Waals surface area contributed by atoms with Crippen molar-refractivity contribution < 1.29 is 4.79 Å². The van der Waals surface area contributed by atoms with Crippen LogP contribution in [0.15, 0.2) is 30.3 Å². The summed E-state index contributed by atoms with van der Waals surface area (Å²) >= 11 is 0. The SMILES string of the molecule is CNC1CCN(C(=O)C2CCCN(C3CCN(CCc4ccccc4)CC3)C2)CC1. The van der Waals surface area contributed by atoms with Crippen LogP contribution >= 0.6 is 0 Å². The molecule has 1 amide bonds. The van der Waals surface area contributed by atoms with E-state index in [9.17, 15) is 4.79 Å². The third-order valence-corrected chi connectivity index (χ3v) is 7.65. The largest absolute Gasteiger partial charge is 0.342 e. The van der Waals surface area contributed by atoms with Crippen molar-refractivity contribution in [3.63, 3.8) is 0 Å². The molecule has 166 valence electrons. The number of amides is 1. The molecule has 1 aromatic rings. The number of hydrogen-bond donors (Lipinski definition) is 1. The van der Waals surface area contributed by atoms with Gasteiger partial charge in [0, 0.05) is 38.3 Å². The molecule has 0 spiro atoms. The standard InChI is InChI=1S/C25H40N4O/c1-26-23-10-18-28(19-11-23)25(30)22-8-5-14-29(20-22)24-12-16-27(17-13-24)15-9-21-6-3-2-4-7-21/h2-4,6-7,22-24,26H,5,8-20H2,1H3. The lowest BCUT2D eigenvalue weighted by molar-refractivity contribution is -0.139. The maximum Gasteiger partial charge on any atom is 0.226 e. The first-order valence-electron chi connectivity index (χ1n) is 12.2. The molecule has 1 atom stereocenters. The van der Waals surface area contributed by atoms with Gasteiger partial charge in [-0.05, 0) is 77.2 Å². The second-order valence-electron chi connectivity index (χ2n) is 9.53. The van der Waals surface area contributed by atoms with Gasteiger partial charge in [-0.15, -0.1) is 0 Å². The van der Waals surface area contributed by atoms with E-state index >= 15 is 0 Å². The molecule has 0 saturated carbocycles. The number of nitrogens with one attached hydrogen (secondary N) is 1. The molecule has 1 aromatic carbocycles. The Bertz CT molecular complexity index is 650. The molecule has 5 heteroatoms. The first kappa shape index (κ1) is 21.8. The second-order valence-corrected chi connectivity index (χ2v) is 9.53. The highest BCUT2D eigenvalue weighted by Crippen LogP contribution is 2.26. The second kappa shape index (κ2) is 10.7. The Morgan fingerprint density at radius 2 is 1.70 bits per heavy atom. The van der Waals surface area contributed by atoms with E-state index < -0.39 is 0 Å². The van der Waals surface area contributed by atoms with Crippen LogP contribution in [0.5, 0.6) is 0 Å². The molecule has 5 nitrogen and oxygen atoms in total. The van der Waals surface area contributed by atoms with Crippen LogP contribution in [0.25, 0.3) is 0 Å². The summed E-state index contributed by atoms with van der Waals surface area (Å²) in [5, 5.41) is 3.36.